The lowest BCUT2D eigenvalue weighted by Gasteiger charge is -2.10. The Balaban J connectivity index is 2.06. The van der Waals surface area contributed by atoms with Crippen molar-refractivity contribution >= 4 is 29.0 Å². The Morgan fingerprint density at radius 3 is 2.85 bits per heavy atom. The van der Waals surface area contributed by atoms with E-state index in [-0.39, 0.29) is 22.7 Å². The van der Waals surface area contributed by atoms with Crippen LogP contribution in [0.1, 0.15) is 19.0 Å². The fourth-order valence-corrected chi connectivity index (χ4v) is 2.86. The van der Waals surface area contributed by atoms with Crippen LogP contribution in [0.5, 0.6) is 5.75 Å². The van der Waals surface area contributed by atoms with Crippen molar-refractivity contribution < 1.29 is 14.5 Å². The molecule has 2 N–H and O–H groups in total. The van der Waals surface area contributed by atoms with Gasteiger partial charge in [0, 0.05) is 23.9 Å². The standard InChI is InChI=1S/C16H18N4O5S/c1-3-4-10-7-14(21)19-16(17-10)26-9-15(22)18-12-8-11(20(23)24)5-6-13(12)25-2/h5-8H,3-4,9H2,1-2H3,(H,18,22)(H,17,19,21). The molecule has 0 saturated heterocycles. The summed E-state index contributed by atoms with van der Waals surface area (Å²) in [5, 5.41) is 13.8. The van der Waals surface area contributed by atoms with Crippen molar-refractivity contribution in [1.82, 2.24) is 9.97 Å². The molecule has 0 atom stereocenters. The third kappa shape index (κ3) is 5.31. The van der Waals surface area contributed by atoms with E-state index in [1.54, 1.807) is 0 Å². The van der Waals surface area contributed by atoms with Gasteiger partial charge in [0.2, 0.25) is 5.91 Å². The summed E-state index contributed by atoms with van der Waals surface area (Å²) in [6.07, 6.45) is 1.53. The maximum atomic E-state index is 12.2. The number of H-pyrrole nitrogens is 1. The fraction of sp³-hybridized carbons (Fsp3) is 0.312. The molecule has 0 bridgehead atoms. The van der Waals surface area contributed by atoms with Gasteiger partial charge in [0.1, 0.15) is 5.75 Å². The number of amides is 1. The number of aromatic nitrogens is 2. The first kappa shape index (κ1) is 19.4. The first-order valence-corrected chi connectivity index (χ1v) is 8.76. The van der Waals surface area contributed by atoms with Crippen molar-refractivity contribution in [3.63, 3.8) is 0 Å². The molecule has 0 saturated carbocycles. The van der Waals surface area contributed by atoms with Gasteiger partial charge in [-0.3, -0.25) is 19.7 Å². The number of thioether (sulfide) groups is 1. The SMILES string of the molecule is CCCc1cc(=O)[nH]c(SCC(=O)Nc2cc([N+](=O)[O-])ccc2OC)n1. The van der Waals surface area contributed by atoms with E-state index < -0.39 is 10.8 Å². The maximum Gasteiger partial charge on any atom is 0.271 e. The first-order valence-electron chi connectivity index (χ1n) is 7.78. The van der Waals surface area contributed by atoms with Gasteiger partial charge < -0.3 is 15.0 Å². The number of hydrogen-bond acceptors (Lipinski definition) is 7. The molecule has 0 radical (unpaired) electrons. The number of anilines is 1. The minimum Gasteiger partial charge on any atom is -0.495 e. The number of rotatable bonds is 8. The van der Waals surface area contributed by atoms with Gasteiger partial charge in [-0.15, -0.1) is 0 Å². The minimum absolute atomic E-state index is 0.0234. The second-order valence-electron chi connectivity index (χ2n) is 5.27. The molecule has 0 spiro atoms. The molecular weight excluding hydrogens is 360 g/mol. The van der Waals surface area contributed by atoms with Gasteiger partial charge in [-0.05, 0) is 12.5 Å². The minimum atomic E-state index is -0.558. The molecule has 26 heavy (non-hydrogen) atoms. The Morgan fingerprint density at radius 1 is 1.42 bits per heavy atom. The molecular formula is C16H18N4O5S. The van der Waals surface area contributed by atoms with E-state index >= 15 is 0 Å². The topological polar surface area (TPSA) is 127 Å². The van der Waals surface area contributed by atoms with E-state index in [1.165, 1.54) is 31.4 Å². The number of benzene rings is 1. The first-order chi connectivity index (χ1) is 12.4. The average molecular weight is 378 g/mol. The van der Waals surface area contributed by atoms with Crippen LogP contribution in [-0.2, 0) is 11.2 Å². The zero-order chi connectivity index (χ0) is 19.1. The number of nitrogens with one attached hydrogen (secondary N) is 2. The summed E-state index contributed by atoms with van der Waals surface area (Å²) in [6.45, 7) is 1.98. The Morgan fingerprint density at radius 2 is 2.19 bits per heavy atom. The lowest BCUT2D eigenvalue weighted by Crippen LogP contribution is -2.16. The highest BCUT2D eigenvalue weighted by Crippen LogP contribution is 2.29. The van der Waals surface area contributed by atoms with Crippen molar-refractivity contribution in [2.24, 2.45) is 0 Å². The summed E-state index contributed by atoms with van der Waals surface area (Å²) in [6, 6.07) is 5.36. The highest BCUT2D eigenvalue weighted by atomic mass is 32.2. The van der Waals surface area contributed by atoms with Crippen LogP contribution in [0.25, 0.3) is 0 Å². The molecule has 1 amide bonds. The molecule has 10 heteroatoms. The average Bonchev–Trinajstić information content (AvgIpc) is 2.59. The van der Waals surface area contributed by atoms with E-state index in [0.717, 1.165) is 18.2 Å². The number of nitro benzene ring substituents is 1. The molecule has 0 aliphatic heterocycles. The normalized spacial score (nSPS) is 10.4. The smallest absolute Gasteiger partial charge is 0.271 e. The summed E-state index contributed by atoms with van der Waals surface area (Å²) in [4.78, 5) is 40.9. The van der Waals surface area contributed by atoms with E-state index in [9.17, 15) is 19.7 Å². The molecule has 0 fully saturated rings. The number of carbonyl (C=O) groups is 1. The van der Waals surface area contributed by atoms with Crippen LogP contribution in [0, 0.1) is 10.1 Å². The zero-order valence-electron chi connectivity index (χ0n) is 14.3. The van der Waals surface area contributed by atoms with E-state index in [4.69, 9.17) is 4.74 Å². The number of nitrogens with zero attached hydrogens (tertiary/aromatic N) is 2. The molecule has 0 aliphatic carbocycles. The van der Waals surface area contributed by atoms with Crippen molar-refractivity contribution in [3.05, 3.63) is 50.4 Å². The van der Waals surface area contributed by atoms with E-state index in [0.29, 0.717) is 23.0 Å². The monoisotopic (exact) mass is 378 g/mol. The van der Waals surface area contributed by atoms with Crippen LogP contribution in [0.4, 0.5) is 11.4 Å². The Labute approximate surface area is 153 Å². The van der Waals surface area contributed by atoms with Crippen molar-refractivity contribution in [2.75, 3.05) is 18.2 Å². The molecule has 0 unspecified atom stereocenters. The third-order valence-corrected chi connectivity index (χ3v) is 4.16. The number of methoxy groups -OCH3 is 1. The van der Waals surface area contributed by atoms with Crippen molar-refractivity contribution in [3.8, 4) is 5.75 Å². The largest absolute Gasteiger partial charge is 0.495 e. The van der Waals surface area contributed by atoms with Crippen LogP contribution >= 0.6 is 11.8 Å². The number of non-ortho nitro benzene ring substituents is 1. The number of aromatic amines is 1. The lowest BCUT2D eigenvalue weighted by atomic mass is 10.2. The van der Waals surface area contributed by atoms with Crippen LogP contribution in [0.15, 0.2) is 34.2 Å². The molecule has 2 aromatic rings. The third-order valence-electron chi connectivity index (χ3n) is 3.29. The molecule has 1 heterocycles. The molecule has 138 valence electrons. The highest BCUT2D eigenvalue weighted by Gasteiger charge is 2.14. The van der Waals surface area contributed by atoms with Gasteiger partial charge in [-0.2, -0.15) is 0 Å². The number of hydrogen-bond donors (Lipinski definition) is 2. The summed E-state index contributed by atoms with van der Waals surface area (Å²) in [5.41, 5.74) is 0.437. The highest BCUT2D eigenvalue weighted by molar-refractivity contribution is 7.99. The quantitative estimate of drug-likeness (QED) is 0.312. The van der Waals surface area contributed by atoms with Gasteiger partial charge in [0.05, 0.1) is 23.5 Å². The molecule has 0 aliphatic rings. The Kier molecular flexibility index (Phi) is 6.73. The van der Waals surface area contributed by atoms with Gasteiger partial charge in [0.25, 0.3) is 11.2 Å². The number of ether oxygens (including phenoxy) is 1. The number of aryl methyl sites for hydroxylation is 1. The second-order valence-corrected chi connectivity index (χ2v) is 6.23. The number of carbonyl (C=O) groups excluding carboxylic acids is 1. The van der Waals surface area contributed by atoms with Gasteiger partial charge in [0.15, 0.2) is 5.16 Å². The predicted octanol–water partition coefficient (Wildman–Crippen LogP) is 2.37. The maximum absolute atomic E-state index is 12.2. The summed E-state index contributed by atoms with van der Waals surface area (Å²) in [7, 11) is 1.40. The van der Waals surface area contributed by atoms with Gasteiger partial charge in [-0.1, -0.05) is 25.1 Å². The zero-order valence-corrected chi connectivity index (χ0v) is 15.1. The Hall–Kier alpha value is -2.88. The molecule has 1 aromatic heterocycles. The number of nitro groups is 1. The molecule has 9 nitrogen and oxygen atoms in total. The van der Waals surface area contributed by atoms with Gasteiger partial charge >= 0.3 is 0 Å². The van der Waals surface area contributed by atoms with E-state index in [2.05, 4.69) is 15.3 Å². The summed E-state index contributed by atoms with van der Waals surface area (Å²) >= 11 is 1.07. The second kappa shape index (κ2) is 8.99. The van der Waals surface area contributed by atoms with E-state index in [1.807, 2.05) is 6.92 Å². The summed E-state index contributed by atoms with van der Waals surface area (Å²) < 4.78 is 5.10. The van der Waals surface area contributed by atoms with Crippen molar-refractivity contribution in [1.29, 1.82) is 0 Å². The summed E-state index contributed by atoms with van der Waals surface area (Å²) in [5.74, 6) is -0.118. The predicted molar refractivity (Wildman–Crippen MR) is 97.9 cm³/mol. The van der Waals surface area contributed by atoms with Crippen molar-refractivity contribution in [2.45, 2.75) is 24.9 Å². The van der Waals surface area contributed by atoms with Crippen LogP contribution < -0.4 is 15.6 Å². The van der Waals surface area contributed by atoms with Gasteiger partial charge in [-0.25, -0.2) is 4.98 Å². The van der Waals surface area contributed by atoms with Crippen LogP contribution in [0.2, 0.25) is 0 Å². The van der Waals surface area contributed by atoms with Crippen LogP contribution in [-0.4, -0.2) is 33.7 Å². The fourth-order valence-electron chi connectivity index (χ4n) is 2.16. The molecule has 2 rings (SSSR count). The Bertz CT molecular complexity index is 868. The van der Waals surface area contributed by atoms with Crippen LogP contribution in [0.3, 0.4) is 0 Å². The lowest BCUT2D eigenvalue weighted by molar-refractivity contribution is -0.384. The molecule has 1 aromatic carbocycles.